The van der Waals surface area contributed by atoms with Crippen LogP contribution in [0.4, 0.5) is 0 Å². The normalized spacial score (nSPS) is 14.4. The molecule has 0 aliphatic heterocycles. The number of rotatable bonds is 6. The van der Waals surface area contributed by atoms with Gasteiger partial charge in [0.05, 0.1) is 22.3 Å². The van der Waals surface area contributed by atoms with Crippen molar-refractivity contribution in [3.8, 4) is 0 Å². The number of carbonyl (C=O) groups excluding carboxylic acids is 1. The molecular weight excluding hydrogens is 310 g/mol. The van der Waals surface area contributed by atoms with Crippen LogP contribution in [0.1, 0.15) is 31.1 Å². The van der Waals surface area contributed by atoms with E-state index in [0.29, 0.717) is 0 Å². The lowest BCUT2D eigenvalue weighted by atomic mass is 10.1. The number of carboxylic acids is 1. The number of aliphatic hydroxyl groups is 1. The van der Waals surface area contributed by atoms with Crippen LogP contribution in [0.15, 0.2) is 29.2 Å². The number of sulfone groups is 1. The summed E-state index contributed by atoms with van der Waals surface area (Å²) in [5.41, 5.74) is -2.22. The van der Waals surface area contributed by atoms with Gasteiger partial charge in [0.2, 0.25) is 0 Å². The van der Waals surface area contributed by atoms with Gasteiger partial charge >= 0.3 is 5.97 Å². The van der Waals surface area contributed by atoms with Crippen molar-refractivity contribution in [3.63, 3.8) is 0 Å². The van der Waals surface area contributed by atoms with Crippen LogP contribution in [0.25, 0.3) is 0 Å². The first-order valence-corrected chi connectivity index (χ1v) is 8.11. The molecule has 0 spiro atoms. The van der Waals surface area contributed by atoms with E-state index in [-0.39, 0.29) is 10.5 Å². The third-order valence-corrected chi connectivity index (χ3v) is 5.32. The van der Waals surface area contributed by atoms with Gasteiger partial charge in [0.25, 0.3) is 5.91 Å². The highest BCUT2D eigenvalue weighted by Gasteiger charge is 2.31. The number of hydrogen-bond acceptors (Lipinski definition) is 5. The maximum atomic E-state index is 12.2. The third kappa shape index (κ3) is 3.83. The second kappa shape index (κ2) is 6.45. The summed E-state index contributed by atoms with van der Waals surface area (Å²) >= 11 is 0. The second-order valence-corrected chi connectivity index (χ2v) is 7.82. The summed E-state index contributed by atoms with van der Waals surface area (Å²) in [5, 5.41) is 19.9. The van der Waals surface area contributed by atoms with Crippen LogP contribution >= 0.6 is 0 Å². The number of amides is 1. The summed E-state index contributed by atoms with van der Waals surface area (Å²) in [6.07, 6.45) is 0. The van der Waals surface area contributed by atoms with Crippen molar-refractivity contribution in [2.75, 3.05) is 6.54 Å². The van der Waals surface area contributed by atoms with Crippen molar-refractivity contribution in [3.05, 3.63) is 29.8 Å². The topological polar surface area (TPSA) is 121 Å². The number of benzene rings is 1. The summed E-state index contributed by atoms with van der Waals surface area (Å²) in [7, 11) is -3.66. The minimum absolute atomic E-state index is 0.0858. The van der Waals surface area contributed by atoms with Crippen LogP contribution in [-0.2, 0) is 14.6 Å². The van der Waals surface area contributed by atoms with Crippen LogP contribution in [-0.4, -0.2) is 47.9 Å². The van der Waals surface area contributed by atoms with Gasteiger partial charge in [-0.2, -0.15) is 0 Å². The molecule has 122 valence electrons. The molecule has 0 fully saturated rings. The van der Waals surface area contributed by atoms with Gasteiger partial charge in [0.15, 0.2) is 15.4 Å². The van der Waals surface area contributed by atoms with Crippen molar-refractivity contribution in [1.82, 2.24) is 5.32 Å². The van der Waals surface area contributed by atoms with E-state index in [9.17, 15) is 23.1 Å². The fourth-order valence-electron chi connectivity index (χ4n) is 1.58. The zero-order valence-corrected chi connectivity index (χ0v) is 13.3. The van der Waals surface area contributed by atoms with E-state index in [0.717, 1.165) is 6.92 Å². The molecule has 0 radical (unpaired) electrons. The van der Waals surface area contributed by atoms with Crippen LogP contribution in [0.2, 0.25) is 0 Å². The Bertz CT molecular complexity index is 678. The number of nitrogens with one attached hydrogen (secondary N) is 1. The molecule has 0 heterocycles. The largest absolute Gasteiger partial charge is 0.479 e. The molecule has 0 aliphatic carbocycles. The minimum Gasteiger partial charge on any atom is -0.479 e. The highest BCUT2D eigenvalue weighted by atomic mass is 32.2. The first-order valence-electron chi connectivity index (χ1n) is 6.57. The predicted octanol–water partition coefficient (Wildman–Crippen LogP) is 0.434. The highest BCUT2D eigenvalue weighted by Crippen LogP contribution is 2.20. The summed E-state index contributed by atoms with van der Waals surface area (Å²) < 4.78 is 24.5. The highest BCUT2D eigenvalue weighted by molar-refractivity contribution is 7.92. The maximum absolute atomic E-state index is 12.2. The Morgan fingerprint density at radius 3 is 2.32 bits per heavy atom. The SMILES string of the molecule is CC(C)S(=O)(=O)c1ccccc1C(=O)NCC(C)(O)C(=O)O. The summed E-state index contributed by atoms with van der Waals surface area (Å²) in [6, 6.07) is 5.66. The van der Waals surface area contributed by atoms with E-state index in [1.54, 1.807) is 0 Å². The van der Waals surface area contributed by atoms with E-state index in [2.05, 4.69) is 5.32 Å². The van der Waals surface area contributed by atoms with Crippen molar-refractivity contribution < 1.29 is 28.2 Å². The Morgan fingerprint density at radius 1 is 1.27 bits per heavy atom. The number of hydrogen-bond donors (Lipinski definition) is 3. The van der Waals surface area contributed by atoms with Gasteiger partial charge in [-0.25, -0.2) is 13.2 Å². The van der Waals surface area contributed by atoms with Crippen molar-refractivity contribution >= 4 is 21.7 Å². The fraction of sp³-hybridized carbons (Fsp3) is 0.429. The van der Waals surface area contributed by atoms with Gasteiger partial charge < -0.3 is 15.5 Å². The quantitative estimate of drug-likeness (QED) is 0.696. The van der Waals surface area contributed by atoms with Gasteiger partial charge in [-0.1, -0.05) is 12.1 Å². The van der Waals surface area contributed by atoms with E-state index in [1.807, 2.05) is 0 Å². The summed E-state index contributed by atoms with van der Waals surface area (Å²) in [5.74, 6) is -2.25. The van der Waals surface area contributed by atoms with E-state index < -0.39 is 39.1 Å². The van der Waals surface area contributed by atoms with Gasteiger partial charge in [0, 0.05) is 0 Å². The van der Waals surface area contributed by atoms with Crippen LogP contribution in [0.3, 0.4) is 0 Å². The van der Waals surface area contributed by atoms with Gasteiger partial charge in [-0.15, -0.1) is 0 Å². The van der Waals surface area contributed by atoms with Crippen molar-refractivity contribution in [2.45, 2.75) is 36.5 Å². The van der Waals surface area contributed by atoms with Crippen molar-refractivity contribution in [1.29, 1.82) is 0 Å². The molecule has 1 amide bonds. The Hall–Kier alpha value is -1.93. The monoisotopic (exact) mass is 329 g/mol. The molecule has 0 bridgehead atoms. The first kappa shape index (κ1) is 18.1. The minimum atomic E-state index is -3.66. The van der Waals surface area contributed by atoms with Crippen molar-refractivity contribution in [2.24, 2.45) is 0 Å². The van der Waals surface area contributed by atoms with E-state index >= 15 is 0 Å². The molecule has 1 atom stereocenters. The Morgan fingerprint density at radius 2 is 1.82 bits per heavy atom. The van der Waals surface area contributed by atoms with Crippen LogP contribution in [0, 0.1) is 0 Å². The molecule has 1 rings (SSSR count). The van der Waals surface area contributed by atoms with Gasteiger partial charge in [0.1, 0.15) is 0 Å². The number of carbonyl (C=O) groups is 2. The Balaban J connectivity index is 3.09. The molecule has 0 saturated heterocycles. The molecule has 8 heteroatoms. The molecule has 7 nitrogen and oxygen atoms in total. The lowest BCUT2D eigenvalue weighted by molar-refractivity contribution is -0.155. The average molecular weight is 329 g/mol. The molecule has 22 heavy (non-hydrogen) atoms. The molecule has 1 unspecified atom stereocenters. The summed E-state index contributed by atoms with van der Waals surface area (Å²) in [4.78, 5) is 22.8. The lowest BCUT2D eigenvalue weighted by Crippen LogP contribution is -2.46. The van der Waals surface area contributed by atoms with E-state index in [1.165, 1.54) is 38.1 Å². The molecule has 0 aliphatic rings. The third-order valence-electron chi connectivity index (χ3n) is 3.11. The molecule has 1 aromatic carbocycles. The molecule has 3 N–H and O–H groups in total. The molecule has 0 saturated carbocycles. The summed E-state index contributed by atoms with van der Waals surface area (Å²) in [6.45, 7) is 3.49. The zero-order valence-electron chi connectivity index (χ0n) is 12.5. The number of carboxylic acid groups (broad SMARTS) is 1. The lowest BCUT2D eigenvalue weighted by Gasteiger charge is -2.19. The maximum Gasteiger partial charge on any atom is 0.337 e. The van der Waals surface area contributed by atoms with Gasteiger partial charge in [-0.05, 0) is 32.9 Å². The Kier molecular flexibility index (Phi) is 5.31. The van der Waals surface area contributed by atoms with Crippen LogP contribution in [0.5, 0.6) is 0 Å². The van der Waals surface area contributed by atoms with Gasteiger partial charge in [-0.3, -0.25) is 4.79 Å². The second-order valence-electron chi connectivity index (χ2n) is 5.35. The molecule has 0 aromatic heterocycles. The predicted molar refractivity (Wildman–Crippen MR) is 79.4 cm³/mol. The average Bonchev–Trinajstić information content (AvgIpc) is 2.44. The standard InChI is InChI=1S/C14H19NO6S/c1-9(2)22(20,21)11-7-5-4-6-10(11)12(16)15-8-14(3,19)13(17)18/h4-7,9,19H,8H2,1-3H3,(H,15,16)(H,17,18). The van der Waals surface area contributed by atoms with E-state index in [4.69, 9.17) is 5.11 Å². The zero-order chi connectivity index (χ0) is 17.1. The number of aliphatic carboxylic acids is 1. The fourth-order valence-corrected chi connectivity index (χ4v) is 2.82. The van der Waals surface area contributed by atoms with Crippen LogP contribution < -0.4 is 5.32 Å². The first-order chi connectivity index (χ1) is 10.00. The Labute approximate surface area is 128 Å². The molecular formula is C14H19NO6S. The smallest absolute Gasteiger partial charge is 0.337 e. The molecule has 1 aromatic rings.